The lowest BCUT2D eigenvalue weighted by atomic mass is 10.2. The summed E-state index contributed by atoms with van der Waals surface area (Å²) in [5, 5.41) is 2.53. The first-order chi connectivity index (χ1) is 6.09. The Morgan fingerprint density at radius 1 is 1.69 bits per heavy atom. The van der Waals surface area contributed by atoms with Crippen molar-refractivity contribution in [3.8, 4) is 0 Å². The molecule has 0 bridgehead atoms. The highest BCUT2D eigenvalue weighted by Crippen LogP contribution is 2.06. The molecule has 0 radical (unpaired) electrons. The Balaban J connectivity index is 2.91. The summed E-state index contributed by atoms with van der Waals surface area (Å²) in [6.07, 6.45) is 1.54. The van der Waals surface area contributed by atoms with Crippen LogP contribution in [-0.2, 0) is 4.79 Å². The van der Waals surface area contributed by atoms with Crippen molar-refractivity contribution in [1.29, 1.82) is 0 Å². The second-order valence-electron chi connectivity index (χ2n) is 2.48. The average Bonchev–Trinajstić information content (AvgIpc) is 2.03. The van der Waals surface area contributed by atoms with Gasteiger partial charge in [-0.2, -0.15) is 0 Å². The number of nitrogens with two attached hydrogens (primary N) is 1. The van der Waals surface area contributed by atoms with Gasteiger partial charge >= 0.3 is 0 Å². The number of carbonyl (C=O) groups is 1. The van der Waals surface area contributed by atoms with Gasteiger partial charge in [-0.3, -0.25) is 4.79 Å². The minimum absolute atomic E-state index is 0.174. The fourth-order valence-corrected chi connectivity index (χ4v) is 0.959. The van der Waals surface area contributed by atoms with Crippen molar-refractivity contribution in [2.75, 3.05) is 5.32 Å². The van der Waals surface area contributed by atoms with Crippen LogP contribution in [0.4, 0.5) is 5.82 Å². The van der Waals surface area contributed by atoms with Gasteiger partial charge in [0.1, 0.15) is 10.8 Å². The first-order valence-electron chi connectivity index (χ1n) is 3.63. The molecule has 0 spiro atoms. The first-order valence-corrected chi connectivity index (χ1v) is 4.04. The van der Waals surface area contributed by atoms with Gasteiger partial charge in [0.05, 0.1) is 0 Å². The predicted octanol–water partition coefficient (Wildman–Crippen LogP) is 0.674. The Morgan fingerprint density at radius 3 is 2.92 bits per heavy atom. The minimum Gasteiger partial charge on any atom is -0.389 e. The van der Waals surface area contributed by atoms with Gasteiger partial charge < -0.3 is 11.1 Å². The second-order valence-corrected chi connectivity index (χ2v) is 2.92. The van der Waals surface area contributed by atoms with E-state index in [1.807, 2.05) is 0 Å². The van der Waals surface area contributed by atoms with Crippen molar-refractivity contribution in [3.05, 3.63) is 23.9 Å². The molecular weight excluding hydrogens is 186 g/mol. The van der Waals surface area contributed by atoms with Crippen LogP contribution in [0.15, 0.2) is 18.3 Å². The quantitative estimate of drug-likeness (QED) is 0.681. The van der Waals surface area contributed by atoms with E-state index in [2.05, 4.69) is 10.3 Å². The molecule has 0 saturated carbocycles. The van der Waals surface area contributed by atoms with Crippen LogP contribution in [0.5, 0.6) is 0 Å². The van der Waals surface area contributed by atoms with Crippen molar-refractivity contribution in [1.82, 2.24) is 4.98 Å². The Morgan fingerprint density at radius 2 is 2.38 bits per heavy atom. The lowest BCUT2D eigenvalue weighted by Gasteiger charge is -2.02. The number of pyridine rings is 1. The van der Waals surface area contributed by atoms with Gasteiger partial charge in [-0.1, -0.05) is 12.2 Å². The molecule has 0 atom stereocenters. The molecule has 13 heavy (non-hydrogen) atoms. The molecule has 5 heteroatoms. The number of thiocarbonyl (C=S) groups is 1. The van der Waals surface area contributed by atoms with Crippen LogP contribution in [0.2, 0.25) is 0 Å². The number of carbonyl (C=O) groups excluding carboxylic acids is 1. The summed E-state index contributed by atoms with van der Waals surface area (Å²) in [5.41, 5.74) is 6.09. The van der Waals surface area contributed by atoms with Crippen molar-refractivity contribution in [2.45, 2.75) is 6.92 Å². The standard InChI is InChI=1S/C8H9N3OS/c1-5(12)11-7-4-6(8(9)13)2-3-10-7/h2-4H,1H3,(H2,9,13)(H,10,11,12). The van der Waals surface area contributed by atoms with E-state index in [1.165, 1.54) is 6.92 Å². The van der Waals surface area contributed by atoms with E-state index in [-0.39, 0.29) is 10.9 Å². The molecule has 0 aliphatic heterocycles. The van der Waals surface area contributed by atoms with E-state index in [1.54, 1.807) is 18.3 Å². The Bertz CT molecular complexity index is 351. The zero-order chi connectivity index (χ0) is 9.84. The van der Waals surface area contributed by atoms with Crippen LogP contribution < -0.4 is 11.1 Å². The number of hydrogen-bond donors (Lipinski definition) is 2. The Labute approximate surface area is 81.2 Å². The fraction of sp³-hybridized carbons (Fsp3) is 0.125. The summed E-state index contributed by atoms with van der Waals surface area (Å²) in [4.78, 5) is 14.9. The van der Waals surface area contributed by atoms with Crippen molar-refractivity contribution >= 4 is 28.9 Å². The van der Waals surface area contributed by atoms with Gasteiger partial charge in [0.2, 0.25) is 5.91 Å². The van der Waals surface area contributed by atoms with E-state index < -0.39 is 0 Å². The van der Waals surface area contributed by atoms with Gasteiger partial charge in [-0.25, -0.2) is 4.98 Å². The maximum atomic E-state index is 10.7. The minimum atomic E-state index is -0.174. The molecule has 0 fully saturated rings. The third-order valence-corrected chi connectivity index (χ3v) is 1.58. The molecule has 0 saturated heterocycles. The van der Waals surface area contributed by atoms with E-state index in [4.69, 9.17) is 18.0 Å². The van der Waals surface area contributed by atoms with Crippen LogP contribution in [0.3, 0.4) is 0 Å². The lowest BCUT2D eigenvalue weighted by molar-refractivity contribution is -0.114. The molecule has 1 heterocycles. The third-order valence-electron chi connectivity index (χ3n) is 1.35. The number of nitrogens with zero attached hydrogens (tertiary/aromatic N) is 1. The normalized spacial score (nSPS) is 9.31. The molecule has 4 nitrogen and oxygen atoms in total. The SMILES string of the molecule is CC(=O)Nc1cc(C(N)=S)ccn1. The summed E-state index contributed by atoms with van der Waals surface area (Å²) in [5.74, 6) is 0.283. The molecular formula is C8H9N3OS. The summed E-state index contributed by atoms with van der Waals surface area (Å²) < 4.78 is 0. The number of amides is 1. The summed E-state index contributed by atoms with van der Waals surface area (Å²) in [6.45, 7) is 1.41. The highest BCUT2D eigenvalue weighted by Gasteiger charge is 2.00. The van der Waals surface area contributed by atoms with Crippen molar-refractivity contribution < 1.29 is 4.79 Å². The Hall–Kier alpha value is -1.49. The summed E-state index contributed by atoms with van der Waals surface area (Å²) >= 11 is 4.77. The highest BCUT2D eigenvalue weighted by molar-refractivity contribution is 7.80. The van der Waals surface area contributed by atoms with Crippen LogP contribution in [0.25, 0.3) is 0 Å². The molecule has 0 aliphatic rings. The molecule has 0 unspecified atom stereocenters. The molecule has 0 aliphatic carbocycles. The van der Waals surface area contributed by atoms with Gasteiger partial charge in [0.15, 0.2) is 0 Å². The molecule has 1 aromatic rings. The van der Waals surface area contributed by atoms with Crippen molar-refractivity contribution in [3.63, 3.8) is 0 Å². The van der Waals surface area contributed by atoms with Crippen LogP contribution in [-0.4, -0.2) is 15.9 Å². The van der Waals surface area contributed by atoms with E-state index >= 15 is 0 Å². The zero-order valence-corrected chi connectivity index (χ0v) is 7.89. The van der Waals surface area contributed by atoms with Crippen molar-refractivity contribution in [2.24, 2.45) is 5.73 Å². The van der Waals surface area contributed by atoms with E-state index in [0.29, 0.717) is 11.4 Å². The maximum absolute atomic E-state index is 10.7. The van der Waals surface area contributed by atoms with Crippen LogP contribution in [0.1, 0.15) is 12.5 Å². The van der Waals surface area contributed by atoms with Gasteiger partial charge in [0.25, 0.3) is 0 Å². The Kier molecular flexibility index (Phi) is 2.92. The summed E-state index contributed by atoms with van der Waals surface area (Å²) in [7, 11) is 0. The predicted molar refractivity (Wildman–Crippen MR) is 54.4 cm³/mol. The number of hydrogen-bond acceptors (Lipinski definition) is 3. The largest absolute Gasteiger partial charge is 0.389 e. The number of nitrogens with one attached hydrogen (secondary N) is 1. The summed E-state index contributed by atoms with van der Waals surface area (Å²) in [6, 6.07) is 3.32. The zero-order valence-electron chi connectivity index (χ0n) is 7.07. The van der Waals surface area contributed by atoms with Gasteiger partial charge in [0, 0.05) is 18.7 Å². The van der Waals surface area contributed by atoms with E-state index in [9.17, 15) is 4.79 Å². The molecule has 68 valence electrons. The third kappa shape index (κ3) is 2.79. The van der Waals surface area contributed by atoms with Gasteiger partial charge in [-0.15, -0.1) is 0 Å². The fourth-order valence-electron chi connectivity index (χ4n) is 0.833. The monoisotopic (exact) mass is 195 g/mol. The number of anilines is 1. The lowest BCUT2D eigenvalue weighted by Crippen LogP contribution is -2.12. The van der Waals surface area contributed by atoms with E-state index in [0.717, 1.165) is 0 Å². The van der Waals surface area contributed by atoms with Gasteiger partial charge in [-0.05, 0) is 12.1 Å². The van der Waals surface area contributed by atoms with Crippen LogP contribution >= 0.6 is 12.2 Å². The molecule has 3 N–H and O–H groups in total. The molecule has 0 aromatic carbocycles. The molecule has 1 rings (SSSR count). The maximum Gasteiger partial charge on any atom is 0.222 e. The number of rotatable bonds is 2. The smallest absolute Gasteiger partial charge is 0.222 e. The second kappa shape index (κ2) is 3.95. The number of aromatic nitrogens is 1. The molecule has 1 amide bonds. The average molecular weight is 195 g/mol. The highest BCUT2D eigenvalue weighted by atomic mass is 32.1. The first kappa shape index (κ1) is 9.60. The molecule has 1 aromatic heterocycles. The topological polar surface area (TPSA) is 68.0 Å². The van der Waals surface area contributed by atoms with Crippen LogP contribution in [0, 0.1) is 0 Å².